The summed E-state index contributed by atoms with van der Waals surface area (Å²) >= 11 is 0. The van der Waals surface area contributed by atoms with Gasteiger partial charge in [-0.15, -0.1) is 0 Å². The third-order valence-corrected chi connectivity index (χ3v) is 4.30. The van der Waals surface area contributed by atoms with Crippen LogP contribution in [0.2, 0.25) is 0 Å². The highest BCUT2D eigenvalue weighted by molar-refractivity contribution is 5.94. The Labute approximate surface area is 116 Å². The lowest BCUT2D eigenvalue weighted by Crippen LogP contribution is -2.48. The summed E-state index contributed by atoms with van der Waals surface area (Å²) in [5, 5.41) is 6.37. The van der Waals surface area contributed by atoms with Crippen LogP contribution in [0.5, 0.6) is 0 Å². The van der Waals surface area contributed by atoms with Crippen LogP contribution in [0.4, 0.5) is 8.78 Å². The smallest absolute Gasteiger partial charge is 0.254 e. The average Bonchev–Trinajstić information content (AvgIpc) is 2.73. The zero-order chi connectivity index (χ0) is 14.3. The maximum absolute atomic E-state index is 13.7. The second kappa shape index (κ2) is 5.13. The molecule has 2 saturated heterocycles. The third kappa shape index (κ3) is 2.54. The molecule has 1 aromatic carbocycles. The third-order valence-electron chi connectivity index (χ3n) is 4.30. The largest absolute Gasteiger partial charge is 0.349 e. The fraction of sp³-hybridized carbons (Fsp3) is 0.533. The zero-order valence-electron chi connectivity index (χ0n) is 11.4. The monoisotopic (exact) mass is 280 g/mol. The van der Waals surface area contributed by atoms with E-state index in [4.69, 9.17) is 0 Å². The summed E-state index contributed by atoms with van der Waals surface area (Å²) in [6.07, 6.45) is 4.04. The van der Waals surface area contributed by atoms with E-state index < -0.39 is 17.5 Å². The number of piperidine rings is 1. The summed E-state index contributed by atoms with van der Waals surface area (Å²) in [5.74, 6) is -1.88. The average molecular weight is 280 g/mol. The van der Waals surface area contributed by atoms with E-state index in [-0.39, 0.29) is 17.2 Å². The molecule has 2 atom stereocenters. The minimum absolute atomic E-state index is 0.0743. The number of hydrogen-bond acceptors (Lipinski definition) is 2. The van der Waals surface area contributed by atoms with Gasteiger partial charge in [0.05, 0.1) is 5.56 Å². The highest BCUT2D eigenvalue weighted by atomic mass is 19.1. The van der Waals surface area contributed by atoms with Gasteiger partial charge in [-0.2, -0.15) is 0 Å². The summed E-state index contributed by atoms with van der Waals surface area (Å²) in [5.41, 5.74) is 0.205. The van der Waals surface area contributed by atoms with Gasteiger partial charge < -0.3 is 10.6 Å². The van der Waals surface area contributed by atoms with Crippen molar-refractivity contribution in [2.24, 2.45) is 0 Å². The number of fused-ring (bicyclic) bond motifs is 2. The van der Waals surface area contributed by atoms with E-state index >= 15 is 0 Å². The molecule has 5 heteroatoms. The molecule has 2 unspecified atom stereocenters. The van der Waals surface area contributed by atoms with Gasteiger partial charge in [0.2, 0.25) is 0 Å². The van der Waals surface area contributed by atoms with Crippen LogP contribution in [0, 0.1) is 18.6 Å². The number of benzene rings is 1. The second-order valence-electron chi connectivity index (χ2n) is 5.86. The van der Waals surface area contributed by atoms with Crippen molar-refractivity contribution in [1.29, 1.82) is 0 Å². The molecule has 108 valence electrons. The standard InChI is InChI=1S/C15H18F2N2O/c1-8-4-12(14(17)7-13(8)16)15(20)19-11-5-9-2-3-10(6-11)18-9/h4,7,9-11,18H,2-3,5-6H2,1H3,(H,19,20). The molecular weight excluding hydrogens is 262 g/mol. The first-order chi connectivity index (χ1) is 9.52. The van der Waals surface area contributed by atoms with Gasteiger partial charge >= 0.3 is 0 Å². The molecule has 3 nitrogen and oxygen atoms in total. The lowest BCUT2D eigenvalue weighted by atomic mass is 9.99. The summed E-state index contributed by atoms with van der Waals surface area (Å²) in [4.78, 5) is 12.1. The topological polar surface area (TPSA) is 41.1 Å². The number of aryl methyl sites for hydroxylation is 1. The predicted molar refractivity (Wildman–Crippen MR) is 71.5 cm³/mol. The maximum atomic E-state index is 13.7. The fourth-order valence-electron chi connectivity index (χ4n) is 3.27. The van der Waals surface area contributed by atoms with Gasteiger partial charge in [0, 0.05) is 24.2 Å². The summed E-state index contributed by atoms with van der Waals surface area (Å²) in [7, 11) is 0. The molecule has 0 saturated carbocycles. The number of nitrogens with one attached hydrogen (secondary N) is 2. The van der Waals surface area contributed by atoms with Crippen LogP contribution in [0.15, 0.2) is 12.1 Å². The Morgan fingerprint density at radius 3 is 2.50 bits per heavy atom. The highest BCUT2D eigenvalue weighted by Gasteiger charge is 2.34. The van der Waals surface area contributed by atoms with E-state index in [0.717, 1.165) is 31.7 Å². The summed E-state index contributed by atoms with van der Waals surface area (Å²) in [6.45, 7) is 1.52. The van der Waals surface area contributed by atoms with Crippen LogP contribution in [0.1, 0.15) is 41.6 Å². The van der Waals surface area contributed by atoms with Crippen LogP contribution >= 0.6 is 0 Å². The fourth-order valence-corrected chi connectivity index (χ4v) is 3.27. The minimum atomic E-state index is -0.803. The van der Waals surface area contributed by atoms with Crippen molar-refractivity contribution in [3.63, 3.8) is 0 Å². The quantitative estimate of drug-likeness (QED) is 0.872. The Morgan fingerprint density at radius 2 is 1.85 bits per heavy atom. The summed E-state index contributed by atoms with van der Waals surface area (Å²) in [6, 6.07) is 3.04. The molecule has 2 N–H and O–H groups in total. The van der Waals surface area contributed by atoms with Crippen LogP contribution in [-0.4, -0.2) is 24.0 Å². The Kier molecular flexibility index (Phi) is 3.46. The number of hydrogen-bond donors (Lipinski definition) is 2. The van der Waals surface area contributed by atoms with Gasteiger partial charge in [-0.25, -0.2) is 8.78 Å². The van der Waals surface area contributed by atoms with Crippen molar-refractivity contribution in [2.75, 3.05) is 0 Å². The SMILES string of the molecule is Cc1cc(C(=O)NC2CC3CCC(C2)N3)c(F)cc1F. The van der Waals surface area contributed by atoms with Gasteiger partial charge in [0.25, 0.3) is 5.91 Å². The van der Waals surface area contributed by atoms with Gasteiger partial charge in [0.1, 0.15) is 11.6 Å². The lowest BCUT2D eigenvalue weighted by Gasteiger charge is -2.29. The maximum Gasteiger partial charge on any atom is 0.254 e. The highest BCUT2D eigenvalue weighted by Crippen LogP contribution is 2.27. The van der Waals surface area contributed by atoms with Gasteiger partial charge in [-0.1, -0.05) is 0 Å². The Balaban J connectivity index is 1.72. The molecular formula is C15H18F2N2O. The van der Waals surface area contributed by atoms with Gasteiger partial charge in [-0.3, -0.25) is 4.79 Å². The molecule has 0 aliphatic carbocycles. The molecule has 2 aliphatic rings. The van der Waals surface area contributed by atoms with Crippen LogP contribution in [0.3, 0.4) is 0 Å². The molecule has 2 bridgehead atoms. The van der Waals surface area contributed by atoms with Crippen LogP contribution < -0.4 is 10.6 Å². The van der Waals surface area contributed by atoms with Crippen molar-refractivity contribution in [3.8, 4) is 0 Å². The van der Waals surface area contributed by atoms with E-state index in [1.54, 1.807) is 0 Å². The Bertz CT molecular complexity index is 535. The predicted octanol–water partition coefficient (Wildman–Crippen LogP) is 2.29. The molecule has 0 aromatic heterocycles. The van der Waals surface area contributed by atoms with Gasteiger partial charge in [-0.05, 0) is 44.2 Å². The van der Waals surface area contributed by atoms with E-state index in [1.807, 2.05) is 0 Å². The molecule has 2 aliphatic heterocycles. The molecule has 3 rings (SSSR count). The first kappa shape index (κ1) is 13.5. The van der Waals surface area contributed by atoms with Crippen molar-refractivity contribution in [2.45, 2.75) is 50.7 Å². The molecule has 20 heavy (non-hydrogen) atoms. The van der Waals surface area contributed by atoms with Crippen molar-refractivity contribution in [3.05, 3.63) is 34.9 Å². The van der Waals surface area contributed by atoms with E-state index in [0.29, 0.717) is 12.1 Å². The van der Waals surface area contributed by atoms with E-state index in [9.17, 15) is 13.6 Å². The van der Waals surface area contributed by atoms with Crippen molar-refractivity contribution < 1.29 is 13.6 Å². The zero-order valence-corrected chi connectivity index (χ0v) is 11.4. The molecule has 2 heterocycles. The number of amides is 1. The summed E-state index contributed by atoms with van der Waals surface area (Å²) < 4.78 is 26.9. The lowest BCUT2D eigenvalue weighted by molar-refractivity contribution is 0.0919. The van der Waals surface area contributed by atoms with E-state index in [1.165, 1.54) is 13.0 Å². The molecule has 0 spiro atoms. The molecule has 2 fully saturated rings. The first-order valence-corrected chi connectivity index (χ1v) is 7.05. The molecule has 1 amide bonds. The van der Waals surface area contributed by atoms with Gasteiger partial charge in [0.15, 0.2) is 0 Å². The number of rotatable bonds is 2. The number of carbonyl (C=O) groups is 1. The van der Waals surface area contributed by atoms with Crippen molar-refractivity contribution in [1.82, 2.24) is 10.6 Å². The second-order valence-corrected chi connectivity index (χ2v) is 5.86. The minimum Gasteiger partial charge on any atom is -0.349 e. The number of halogens is 2. The number of carbonyl (C=O) groups excluding carboxylic acids is 1. The first-order valence-electron chi connectivity index (χ1n) is 7.05. The normalized spacial score (nSPS) is 28.4. The Hall–Kier alpha value is -1.49. The van der Waals surface area contributed by atoms with E-state index in [2.05, 4.69) is 10.6 Å². The van der Waals surface area contributed by atoms with Crippen molar-refractivity contribution >= 4 is 5.91 Å². The van der Waals surface area contributed by atoms with Crippen LogP contribution in [-0.2, 0) is 0 Å². The molecule has 1 aromatic rings. The molecule has 0 radical (unpaired) electrons. The Morgan fingerprint density at radius 1 is 1.20 bits per heavy atom. The van der Waals surface area contributed by atoms with Crippen LogP contribution in [0.25, 0.3) is 0 Å².